The summed E-state index contributed by atoms with van der Waals surface area (Å²) < 4.78 is 0. The molecule has 0 radical (unpaired) electrons. The van der Waals surface area contributed by atoms with E-state index in [1.165, 1.54) is 63.0 Å². The maximum absolute atomic E-state index is 4.67. The van der Waals surface area contributed by atoms with Crippen LogP contribution in [0.1, 0.15) is 88.3 Å². The second kappa shape index (κ2) is 10.6. The van der Waals surface area contributed by atoms with Crippen LogP contribution in [0.25, 0.3) is 6.08 Å². The molecule has 0 N–H and O–H groups in total. The van der Waals surface area contributed by atoms with Crippen LogP contribution >= 0.6 is 0 Å². The van der Waals surface area contributed by atoms with Gasteiger partial charge in [0, 0.05) is 11.8 Å². The lowest BCUT2D eigenvalue weighted by molar-refractivity contribution is 0.619. The Labute approximate surface area is 207 Å². The molecule has 2 atom stereocenters. The highest BCUT2D eigenvalue weighted by Gasteiger charge is 2.40. The number of rotatable bonds is 8. The Morgan fingerprint density at radius 2 is 1.65 bits per heavy atom. The van der Waals surface area contributed by atoms with Crippen molar-refractivity contribution in [2.75, 3.05) is 0 Å². The Morgan fingerprint density at radius 3 is 2.26 bits per heavy atom. The van der Waals surface area contributed by atoms with Gasteiger partial charge in [0.15, 0.2) is 0 Å². The molecule has 0 heteroatoms. The molecule has 0 heterocycles. The van der Waals surface area contributed by atoms with Crippen molar-refractivity contribution < 1.29 is 0 Å². The van der Waals surface area contributed by atoms with E-state index in [-0.39, 0.29) is 0 Å². The molecule has 0 nitrogen and oxygen atoms in total. The van der Waals surface area contributed by atoms with Gasteiger partial charge >= 0.3 is 0 Å². The summed E-state index contributed by atoms with van der Waals surface area (Å²) in [5.41, 5.74) is 12.4. The molecule has 0 bridgehead atoms. The fraction of sp³-hybridized carbons (Fsp3) is 0.353. The first kappa shape index (κ1) is 24.3. The molecule has 2 aliphatic rings. The predicted molar refractivity (Wildman–Crippen MR) is 149 cm³/mol. The lowest BCUT2D eigenvalue weighted by atomic mass is 9.69. The van der Waals surface area contributed by atoms with Crippen molar-refractivity contribution in [3.05, 3.63) is 124 Å². The van der Waals surface area contributed by atoms with E-state index in [1.807, 2.05) is 0 Å². The maximum Gasteiger partial charge on any atom is 0.0201 e. The van der Waals surface area contributed by atoms with E-state index in [2.05, 4.69) is 108 Å². The van der Waals surface area contributed by atoms with Crippen LogP contribution in [0.5, 0.6) is 0 Å². The van der Waals surface area contributed by atoms with Crippen molar-refractivity contribution >= 4 is 6.08 Å². The first-order valence-electron chi connectivity index (χ1n) is 13.1. The first-order valence-corrected chi connectivity index (χ1v) is 13.1. The van der Waals surface area contributed by atoms with Gasteiger partial charge in [-0.25, -0.2) is 0 Å². The SMILES string of the molecule is C=C(CCC)C1=C(C)C=C2CC(=Cc3ccc(C(CC)CC)cc3)C(=C)C2C1c1ccccc1. The molecule has 34 heavy (non-hydrogen) atoms. The monoisotopic (exact) mass is 448 g/mol. The zero-order chi connectivity index (χ0) is 24.2. The van der Waals surface area contributed by atoms with E-state index < -0.39 is 0 Å². The van der Waals surface area contributed by atoms with Crippen LogP contribution in [0.3, 0.4) is 0 Å². The van der Waals surface area contributed by atoms with Crippen LogP contribution in [-0.4, -0.2) is 0 Å². The van der Waals surface area contributed by atoms with Crippen LogP contribution in [0.2, 0.25) is 0 Å². The molecule has 0 amide bonds. The molecule has 0 saturated heterocycles. The Morgan fingerprint density at radius 1 is 0.971 bits per heavy atom. The largest absolute Gasteiger partial charge is 0.0955 e. The van der Waals surface area contributed by atoms with Crippen molar-refractivity contribution in [3.63, 3.8) is 0 Å². The summed E-state index contributed by atoms with van der Waals surface area (Å²) in [6, 6.07) is 20.2. The van der Waals surface area contributed by atoms with Gasteiger partial charge in [0.2, 0.25) is 0 Å². The summed E-state index contributed by atoms with van der Waals surface area (Å²) in [4.78, 5) is 0. The van der Waals surface area contributed by atoms with Gasteiger partial charge in [0.1, 0.15) is 0 Å². The lowest BCUT2D eigenvalue weighted by Crippen LogP contribution is -2.21. The molecule has 2 aliphatic carbocycles. The highest BCUT2D eigenvalue weighted by Crippen LogP contribution is 2.55. The van der Waals surface area contributed by atoms with E-state index >= 15 is 0 Å². The van der Waals surface area contributed by atoms with Gasteiger partial charge < -0.3 is 0 Å². The summed E-state index contributed by atoms with van der Waals surface area (Å²) in [7, 11) is 0. The molecular weight excluding hydrogens is 408 g/mol. The second-order valence-corrected chi connectivity index (χ2v) is 10.1. The van der Waals surface area contributed by atoms with Crippen LogP contribution in [0, 0.1) is 5.92 Å². The third-order valence-electron chi connectivity index (χ3n) is 7.88. The van der Waals surface area contributed by atoms with Crippen LogP contribution in [-0.2, 0) is 0 Å². The Hall–Kier alpha value is -2.86. The third-order valence-corrected chi connectivity index (χ3v) is 7.88. The molecule has 0 aromatic heterocycles. The molecule has 2 aromatic rings. The maximum atomic E-state index is 4.67. The molecule has 4 rings (SSSR count). The Kier molecular flexibility index (Phi) is 7.57. The van der Waals surface area contributed by atoms with Crippen molar-refractivity contribution in [1.29, 1.82) is 0 Å². The molecule has 176 valence electrons. The van der Waals surface area contributed by atoms with Crippen molar-refractivity contribution in [1.82, 2.24) is 0 Å². The van der Waals surface area contributed by atoms with Crippen LogP contribution in [0.15, 0.2) is 107 Å². The number of hydrogen-bond donors (Lipinski definition) is 0. The van der Waals surface area contributed by atoms with Gasteiger partial charge in [0.05, 0.1) is 0 Å². The summed E-state index contributed by atoms with van der Waals surface area (Å²) in [6.45, 7) is 18.3. The van der Waals surface area contributed by atoms with Crippen molar-refractivity contribution in [3.8, 4) is 0 Å². The Balaban J connectivity index is 1.70. The van der Waals surface area contributed by atoms with E-state index in [9.17, 15) is 0 Å². The summed E-state index contributed by atoms with van der Waals surface area (Å²) in [5, 5.41) is 0. The standard InChI is InChI=1S/C34H40/c1-7-13-23(4)32-24(5)20-31-22-30(21-26-16-18-28(19-17-26)27(8-2)9-3)25(6)33(31)34(32)29-14-11-10-12-15-29/h10-12,14-21,27,33-34H,4,6-9,13,22H2,1-3,5H3. The van der Waals surface area contributed by atoms with E-state index in [0.29, 0.717) is 17.8 Å². The van der Waals surface area contributed by atoms with Crippen molar-refractivity contribution in [2.24, 2.45) is 5.92 Å². The van der Waals surface area contributed by atoms with Gasteiger partial charge in [0.25, 0.3) is 0 Å². The van der Waals surface area contributed by atoms with Gasteiger partial charge in [-0.15, -0.1) is 0 Å². The third kappa shape index (κ3) is 4.69. The van der Waals surface area contributed by atoms with E-state index in [0.717, 1.165) is 19.3 Å². The van der Waals surface area contributed by atoms with Crippen LogP contribution in [0.4, 0.5) is 0 Å². The minimum absolute atomic E-state index is 0.302. The number of allylic oxidation sites excluding steroid dienone is 7. The molecule has 2 unspecified atom stereocenters. The minimum Gasteiger partial charge on any atom is -0.0955 e. The van der Waals surface area contributed by atoms with Crippen LogP contribution < -0.4 is 0 Å². The number of benzene rings is 2. The first-order chi connectivity index (χ1) is 16.5. The van der Waals surface area contributed by atoms with E-state index in [1.54, 1.807) is 0 Å². The molecule has 0 spiro atoms. The molecule has 1 saturated carbocycles. The van der Waals surface area contributed by atoms with Gasteiger partial charge in [-0.2, -0.15) is 0 Å². The second-order valence-electron chi connectivity index (χ2n) is 10.1. The highest BCUT2D eigenvalue weighted by molar-refractivity contribution is 5.67. The molecule has 0 aliphatic heterocycles. The Bertz CT molecular complexity index is 1130. The fourth-order valence-electron chi connectivity index (χ4n) is 6.11. The van der Waals surface area contributed by atoms with E-state index in [4.69, 9.17) is 0 Å². The van der Waals surface area contributed by atoms with Gasteiger partial charge in [-0.05, 0) is 77.5 Å². The summed E-state index contributed by atoms with van der Waals surface area (Å²) in [6.07, 6.45) is 10.4. The normalized spacial score (nSPS) is 21.3. The lowest BCUT2D eigenvalue weighted by Gasteiger charge is -2.34. The molecular formula is C34H40. The topological polar surface area (TPSA) is 0 Å². The smallest absolute Gasteiger partial charge is 0.0201 e. The minimum atomic E-state index is 0.302. The van der Waals surface area contributed by atoms with Crippen molar-refractivity contribution in [2.45, 2.75) is 71.6 Å². The summed E-state index contributed by atoms with van der Waals surface area (Å²) >= 11 is 0. The predicted octanol–water partition coefficient (Wildman–Crippen LogP) is 9.95. The zero-order valence-corrected chi connectivity index (χ0v) is 21.5. The molecule has 2 aromatic carbocycles. The zero-order valence-electron chi connectivity index (χ0n) is 21.5. The fourth-order valence-corrected chi connectivity index (χ4v) is 6.11. The highest BCUT2D eigenvalue weighted by atomic mass is 14.4. The number of fused-ring (bicyclic) bond motifs is 1. The van der Waals surface area contributed by atoms with Gasteiger partial charge in [-0.3, -0.25) is 0 Å². The quantitative estimate of drug-likeness (QED) is 0.377. The average molecular weight is 449 g/mol. The number of hydrogen-bond acceptors (Lipinski definition) is 0. The van der Waals surface area contributed by atoms with Gasteiger partial charge in [-0.1, -0.05) is 118 Å². The average Bonchev–Trinajstić information content (AvgIpc) is 3.15. The molecule has 1 fully saturated rings. The summed E-state index contributed by atoms with van der Waals surface area (Å²) in [5.74, 6) is 1.28.